The van der Waals surface area contributed by atoms with Crippen LogP contribution >= 0.6 is 0 Å². The van der Waals surface area contributed by atoms with E-state index in [4.69, 9.17) is 0 Å². The molecule has 2 heterocycles. The van der Waals surface area contributed by atoms with Crippen molar-refractivity contribution in [2.75, 3.05) is 20.6 Å². The minimum absolute atomic E-state index is 0.00668. The van der Waals surface area contributed by atoms with Gasteiger partial charge in [0, 0.05) is 33.2 Å². The number of likely N-dealkylation sites (tertiary alicyclic amines) is 1. The average molecular weight is 477 g/mol. The molecule has 0 radical (unpaired) electrons. The zero-order chi connectivity index (χ0) is 23.9. The maximum absolute atomic E-state index is 13.4. The van der Waals surface area contributed by atoms with Crippen LogP contribution in [0, 0.1) is 5.92 Å². The molecule has 1 aliphatic carbocycles. The van der Waals surface area contributed by atoms with Gasteiger partial charge in [-0.1, -0.05) is 12.8 Å². The van der Waals surface area contributed by atoms with E-state index >= 15 is 0 Å². The van der Waals surface area contributed by atoms with Crippen LogP contribution in [0.2, 0.25) is 0 Å². The Balaban J connectivity index is 1.82. The molecule has 2 fully saturated rings. The lowest BCUT2D eigenvalue weighted by Gasteiger charge is -2.44. The first-order chi connectivity index (χ1) is 15.7. The third-order valence-corrected chi connectivity index (χ3v) is 8.96. The van der Waals surface area contributed by atoms with Crippen molar-refractivity contribution in [3.8, 4) is 0 Å². The standard InChI is InChI=1S/C23H32N4O5S/c1-4-25-19-12-11-17(33(31,32)24(2)3)14-20(19)27(23(30)22(25)29)15-21(28)26-13-7-9-16-8-5-6-10-18(16)26/h11-12,14,16,18H,4-10,13,15H2,1-3H3. The number of piperidine rings is 1. The van der Waals surface area contributed by atoms with Crippen molar-refractivity contribution >= 4 is 27.0 Å². The number of carbonyl (C=O) groups excluding carboxylic acids is 1. The van der Waals surface area contributed by atoms with Gasteiger partial charge in [0.05, 0.1) is 15.9 Å². The number of fused-ring (bicyclic) bond motifs is 2. The van der Waals surface area contributed by atoms with Crippen molar-refractivity contribution in [2.45, 2.75) is 69.5 Å². The quantitative estimate of drug-likeness (QED) is 0.610. The van der Waals surface area contributed by atoms with Crippen LogP contribution < -0.4 is 11.1 Å². The fourth-order valence-corrected chi connectivity index (χ4v) is 6.32. The summed E-state index contributed by atoms with van der Waals surface area (Å²) in [6.07, 6.45) is 6.42. The van der Waals surface area contributed by atoms with Crippen LogP contribution in [-0.4, -0.2) is 59.3 Å². The van der Waals surface area contributed by atoms with E-state index < -0.39 is 21.1 Å². The fraction of sp³-hybridized carbons (Fsp3) is 0.609. The van der Waals surface area contributed by atoms with Crippen LogP contribution in [-0.2, 0) is 27.9 Å². The Morgan fingerprint density at radius 2 is 1.67 bits per heavy atom. The van der Waals surface area contributed by atoms with Crippen LogP contribution in [0.4, 0.5) is 0 Å². The number of aryl methyl sites for hydroxylation is 1. The highest BCUT2D eigenvalue weighted by Crippen LogP contribution is 2.35. The summed E-state index contributed by atoms with van der Waals surface area (Å²) in [6.45, 7) is 2.38. The van der Waals surface area contributed by atoms with Gasteiger partial charge in [0.25, 0.3) is 0 Å². The predicted octanol–water partition coefficient (Wildman–Crippen LogP) is 1.61. The Labute approximate surface area is 193 Å². The number of hydrogen-bond donors (Lipinski definition) is 0. The molecule has 4 rings (SSSR count). The first-order valence-corrected chi connectivity index (χ1v) is 13.1. The molecule has 1 amide bonds. The van der Waals surface area contributed by atoms with Crippen LogP contribution in [0.25, 0.3) is 11.0 Å². The highest BCUT2D eigenvalue weighted by atomic mass is 32.2. The molecule has 2 atom stereocenters. The van der Waals surface area contributed by atoms with E-state index in [0.29, 0.717) is 18.0 Å². The smallest absolute Gasteiger partial charge is 0.317 e. The molecular weight excluding hydrogens is 444 g/mol. The van der Waals surface area contributed by atoms with Gasteiger partial charge in [-0.3, -0.25) is 19.0 Å². The number of aromatic nitrogens is 2. The van der Waals surface area contributed by atoms with Crippen molar-refractivity contribution in [2.24, 2.45) is 5.92 Å². The number of hydrogen-bond acceptors (Lipinski definition) is 5. The first kappa shape index (κ1) is 23.7. The average Bonchev–Trinajstić information content (AvgIpc) is 2.81. The van der Waals surface area contributed by atoms with Gasteiger partial charge >= 0.3 is 11.1 Å². The molecule has 0 N–H and O–H groups in total. The molecule has 1 aromatic carbocycles. The summed E-state index contributed by atoms with van der Waals surface area (Å²) < 4.78 is 29.0. The van der Waals surface area contributed by atoms with E-state index in [1.54, 1.807) is 6.92 Å². The highest BCUT2D eigenvalue weighted by Gasteiger charge is 2.36. The predicted molar refractivity (Wildman–Crippen MR) is 126 cm³/mol. The monoisotopic (exact) mass is 476 g/mol. The maximum Gasteiger partial charge on any atom is 0.317 e. The number of carbonyl (C=O) groups is 1. The maximum atomic E-state index is 13.4. The summed E-state index contributed by atoms with van der Waals surface area (Å²) in [4.78, 5) is 41.1. The van der Waals surface area contributed by atoms with Gasteiger partial charge in [-0.15, -0.1) is 0 Å². The van der Waals surface area contributed by atoms with Gasteiger partial charge in [0.2, 0.25) is 15.9 Å². The van der Waals surface area contributed by atoms with E-state index in [9.17, 15) is 22.8 Å². The second-order valence-corrected chi connectivity index (χ2v) is 11.4. The molecule has 1 aromatic heterocycles. The summed E-state index contributed by atoms with van der Waals surface area (Å²) in [5.41, 5.74) is -0.818. The summed E-state index contributed by atoms with van der Waals surface area (Å²) in [7, 11) is -0.896. The Kier molecular flexibility index (Phi) is 6.50. The van der Waals surface area contributed by atoms with E-state index in [0.717, 1.165) is 41.0 Å². The molecule has 1 saturated heterocycles. The van der Waals surface area contributed by atoms with Crippen LogP contribution in [0.3, 0.4) is 0 Å². The first-order valence-electron chi connectivity index (χ1n) is 11.7. The van der Waals surface area contributed by atoms with Gasteiger partial charge in [-0.2, -0.15) is 0 Å². The van der Waals surface area contributed by atoms with Crippen molar-refractivity contribution < 1.29 is 13.2 Å². The molecule has 9 nitrogen and oxygen atoms in total. The van der Waals surface area contributed by atoms with E-state index in [1.807, 2.05) is 4.90 Å². The Hall–Kier alpha value is -2.46. The second-order valence-electron chi connectivity index (χ2n) is 9.22. The minimum Gasteiger partial charge on any atom is -0.338 e. The lowest BCUT2D eigenvalue weighted by atomic mass is 9.78. The molecule has 2 aromatic rings. The second kappa shape index (κ2) is 9.06. The zero-order valence-corrected chi connectivity index (χ0v) is 20.3. The van der Waals surface area contributed by atoms with E-state index in [-0.39, 0.29) is 35.5 Å². The van der Waals surface area contributed by atoms with E-state index in [1.165, 1.54) is 43.3 Å². The summed E-state index contributed by atoms with van der Waals surface area (Å²) >= 11 is 0. The van der Waals surface area contributed by atoms with Crippen LogP contribution in [0.15, 0.2) is 32.7 Å². The van der Waals surface area contributed by atoms with Crippen molar-refractivity contribution in [3.05, 3.63) is 38.9 Å². The number of benzene rings is 1. The van der Waals surface area contributed by atoms with Crippen molar-refractivity contribution in [3.63, 3.8) is 0 Å². The Bertz CT molecular complexity index is 1290. The Morgan fingerprint density at radius 3 is 2.36 bits per heavy atom. The molecule has 0 spiro atoms. The molecule has 2 aliphatic rings. The lowest BCUT2D eigenvalue weighted by Crippen LogP contribution is -2.52. The molecule has 10 heteroatoms. The molecule has 1 saturated carbocycles. The number of rotatable bonds is 5. The number of nitrogens with zero attached hydrogens (tertiary/aromatic N) is 4. The molecule has 180 valence electrons. The van der Waals surface area contributed by atoms with Crippen molar-refractivity contribution in [1.82, 2.24) is 18.3 Å². The van der Waals surface area contributed by atoms with Gasteiger partial charge in [0.1, 0.15) is 6.54 Å². The minimum atomic E-state index is -3.76. The molecule has 1 aliphatic heterocycles. The highest BCUT2D eigenvalue weighted by molar-refractivity contribution is 7.89. The lowest BCUT2D eigenvalue weighted by molar-refractivity contribution is -0.138. The van der Waals surface area contributed by atoms with Crippen LogP contribution in [0.1, 0.15) is 45.4 Å². The van der Waals surface area contributed by atoms with Crippen LogP contribution in [0.5, 0.6) is 0 Å². The SMILES string of the molecule is CCn1c(=O)c(=O)n(CC(=O)N2CCCC3CCCCC32)c2cc(S(=O)(=O)N(C)C)ccc21. The van der Waals surface area contributed by atoms with Crippen molar-refractivity contribution in [1.29, 1.82) is 0 Å². The molecular formula is C23H32N4O5S. The number of amides is 1. The number of sulfonamides is 1. The summed E-state index contributed by atoms with van der Waals surface area (Å²) in [6, 6.07) is 4.54. The Morgan fingerprint density at radius 1 is 1.00 bits per heavy atom. The molecule has 2 unspecified atom stereocenters. The summed E-state index contributed by atoms with van der Waals surface area (Å²) in [5, 5.41) is 0. The van der Waals surface area contributed by atoms with Gasteiger partial charge in [-0.05, 0) is 56.7 Å². The van der Waals surface area contributed by atoms with Gasteiger partial charge < -0.3 is 9.47 Å². The fourth-order valence-electron chi connectivity index (χ4n) is 5.40. The molecule has 33 heavy (non-hydrogen) atoms. The summed E-state index contributed by atoms with van der Waals surface area (Å²) in [5.74, 6) is 0.305. The van der Waals surface area contributed by atoms with Gasteiger partial charge in [0.15, 0.2) is 0 Å². The third kappa shape index (κ3) is 4.14. The normalized spacial score (nSPS) is 21.4. The van der Waals surface area contributed by atoms with Gasteiger partial charge in [-0.25, -0.2) is 12.7 Å². The topological polar surface area (TPSA) is 102 Å². The zero-order valence-electron chi connectivity index (χ0n) is 19.5. The molecule has 0 bridgehead atoms. The largest absolute Gasteiger partial charge is 0.338 e. The van der Waals surface area contributed by atoms with E-state index in [2.05, 4.69) is 0 Å². The third-order valence-electron chi connectivity index (χ3n) is 7.15.